The summed E-state index contributed by atoms with van der Waals surface area (Å²) in [6.45, 7) is 5.28. The molecule has 2 nitrogen and oxygen atoms in total. The van der Waals surface area contributed by atoms with Gasteiger partial charge in [0.05, 0.1) is 0 Å². The minimum atomic E-state index is -1.82. The lowest BCUT2D eigenvalue weighted by Gasteiger charge is -2.16. The van der Waals surface area contributed by atoms with Gasteiger partial charge >= 0.3 is 9.28 Å². The van der Waals surface area contributed by atoms with Crippen LogP contribution in [0.4, 0.5) is 13.2 Å². The first-order chi connectivity index (χ1) is 9.58. The maximum absolute atomic E-state index is 13.1. The Labute approximate surface area is 119 Å². The minimum absolute atomic E-state index is 0.429. The molecule has 114 valence electrons. The number of benzene rings is 1. The van der Waals surface area contributed by atoms with E-state index in [1.807, 2.05) is 13.8 Å². The van der Waals surface area contributed by atoms with E-state index in [0.29, 0.717) is 31.2 Å². The van der Waals surface area contributed by atoms with Crippen LogP contribution in [0.2, 0.25) is 6.04 Å². The summed E-state index contributed by atoms with van der Waals surface area (Å²) in [5.74, 6) is -3.73. The Balaban J connectivity index is 2.57. The van der Waals surface area contributed by atoms with Crippen LogP contribution in [0.1, 0.15) is 32.3 Å². The van der Waals surface area contributed by atoms with Crippen molar-refractivity contribution in [3.63, 3.8) is 0 Å². The number of aryl methyl sites for hydroxylation is 1. The minimum Gasteiger partial charge on any atom is -0.397 e. The highest BCUT2D eigenvalue weighted by atomic mass is 28.3. The normalized spacial score (nSPS) is 11.3. The van der Waals surface area contributed by atoms with Gasteiger partial charge < -0.3 is 8.85 Å². The smallest absolute Gasteiger partial charge is 0.321 e. The highest BCUT2D eigenvalue weighted by molar-refractivity contribution is 6.44. The molecule has 20 heavy (non-hydrogen) atoms. The third kappa shape index (κ3) is 5.64. The molecule has 0 heterocycles. The summed E-state index contributed by atoms with van der Waals surface area (Å²) in [6.07, 6.45) is 2.23. The molecule has 0 bridgehead atoms. The molecule has 0 fully saturated rings. The molecule has 0 aromatic heterocycles. The van der Waals surface area contributed by atoms with Gasteiger partial charge in [0.1, 0.15) is 0 Å². The second kappa shape index (κ2) is 9.15. The van der Waals surface area contributed by atoms with Gasteiger partial charge in [0.25, 0.3) is 0 Å². The van der Waals surface area contributed by atoms with Crippen LogP contribution in [0.15, 0.2) is 12.1 Å². The van der Waals surface area contributed by atoms with Crippen molar-refractivity contribution in [3.05, 3.63) is 35.1 Å². The molecule has 1 aromatic carbocycles. The van der Waals surface area contributed by atoms with Crippen molar-refractivity contribution in [3.8, 4) is 0 Å². The maximum atomic E-state index is 13.1. The molecule has 6 heteroatoms. The fraction of sp³-hybridized carbons (Fsp3) is 0.571. The van der Waals surface area contributed by atoms with Crippen LogP contribution in [0.5, 0.6) is 0 Å². The van der Waals surface area contributed by atoms with Gasteiger partial charge in [-0.3, -0.25) is 0 Å². The fourth-order valence-electron chi connectivity index (χ4n) is 1.75. The van der Waals surface area contributed by atoms with Crippen LogP contribution in [0, 0.1) is 17.5 Å². The largest absolute Gasteiger partial charge is 0.397 e. The van der Waals surface area contributed by atoms with Crippen LogP contribution >= 0.6 is 0 Å². The SMILES string of the molecule is CCCO[SiH](CCc1cc(F)c(F)c(F)c1)OCCC. The van der Waals surface area contributed by atoms with Gasteiger partial charge in [0.15, 0.2) is 17.5 Å². The number of hydrogen-bond acceptors (Lipinski definition) is 2. The average molecular weight is 306 g/mol. The lowest BCUT2D eigenvalue weighted by Crippen LogP contribution is -2.24. The Morgan fingerprint density at radius 3 is 1.90 bits per heavy atom. The maximum Gasteiger partial charge on any atom is 0.321 e. The molecule has 0 saturated heterocycles. The summed E-state index contributed by atoms with van der Waals surface area (Å²) in [6, 6.07) is 2.68. The molecular weight excluding hydrogens is 285 g/mol. The molecule has 0 unspecified atom stereocenters. The van der Waals surface area contributed by atoms with Crippen molar-refractivity contribution in [2.75, 3.05) is 13.2 Å². The van der Waals surface area contributed by atoms with Crippen LogP contribution in [0.25, 0.3) is 0 Å². The zero-order valence-electron chi connectivity index (χ0n) is 11.9. The van der Waals surface area contributed by atoms with Crippen molar-refractivity contribution < 1.29 is 22.0 Å². The van der Waals surface area contributed by atoms with Crippen LogP contribution < -0.4 is 0 Å². The monoisotopic (exact) mass is 306 g/mol. The van der Waals surface area contributed by atoms with E-state index in [1.165, 1.54) is 0 Å². The molecule has 0 radical (unpaired) electrons. The summed E-state index contributed by atoms with van der Waals surface area (Å²) < 4.78 is 50.4. The number of hydrogen-bond donors (Lipinski definition) is 0. The molecule has 1 aromatic rings. The number of halogens is 3. The van der Waals surface area contributed by atoms with Crippen molar-refractivity contribution in [1.82, 2.24) is 0 Å². The zero-order valence-corrected chi connectivity index (χ0v) is 13.1. The van der Waals surface area contributed by atoms with Gasteiger partial charge in [-0.15, -0.1) is 0 Å². The standard InChI is InChI=1S/C14H21F3O2Si/c1-3-6-18-20(19-7-4-2)8-5-11-9-12(15)14(17)13(16)10-11/h9-10,20H,3-8H2,1-2H3. The van der Waals surface area contributed by atoms with Gasteiger partial charge in [0, 0.05) is 13.2 Å². The van der Waals surface area contributed by atoms with Crippen molar-refractivity contribution in [1.29, 1.82) is 0 Å². The highest BCUT2D eigenvalue weighted by Crippen LogP contribution is 2.16. The summed E-state index contributed by atoms with van der Waals surface area (Å²) in [5, 5.41) is 0. The molecule has 1 rings (SSSR count). The Morgan fingerprint density at radius 1 is 0.950 bits per heavy atom. The topological polar surface area (TPSA) is 18.5 Å². The zero-order chi connectivity index (χ0) is 15.0. The molecule has 0 spiro atoms. The van der Waals surface area contributed by atoms with E-state index in [0.717, 1.165) is 25.0 Å². The molecule has 0 amide bonds. The first kappa shape index (κ1) is 17.2. The Bertz CT molecular complexity index is 384. The van der Waals surface area contributed by atoms with E-state index >= 15 is 0 Å². The number of rotatable bonds is 9. The van der Waals surface area contributed by atoms with Crippen LogP contribution in [-0.4, -0.2) is 22.5 Å². The molecule has 0 atom stereocenters. The first-order valence-electron chi connectivity index (χ1n) is 6.95. The third-order valence-electron chi connectivity index (χ3n) is 2.73. The quantitative estimate of drug-likeness (QED) is 0.511. The van der Waals surface area contributed by atoms with Crippen LogP contribution in [-0.2, 0) is 15.3 Å². The second-order valence-electron chi connectivity index (χ2n) is 4.58. The van der Waals surface area contributed by atoms with Gasteiger partial charge in [0.2, 0.25) is 0 Å². The van der Waals surface area contributed by atoms with Gasteiger partial charge in [-0.05, 0) is 43.0 Å². The van der Waals surface area contributed by atoms with E-state index in [-0.39, 0.29) is 0 Å². The van der Waals surface area contributed by atoms with E-state index in [2.05, 4.69) is 0 Å². The lowest BCUT2D eigenvalue weighted by atomic mass is 10.1. The summed E-state index contributed by atoms with van der Waals surface area (Å²) in [7, 11) is -1.82. The predicted molar refractivity (Wildman–Crippen MR) is 74.5 cm³/mol. The Morgan fingerprint density at radius 2 is 1.45 bits per heavy atom. The van der Waals surface area contributed by atoms with Crippen molar-refractivity contribution >= 4 is 9.28 Å². The molecule has 0 aliphatic rings. The first-order valence-corrected chi connectivity index (χ1v) is 8.71. The molecule has 0 N–H and O–H groups in total. The Hall–Kier alpha value is -0.853. The van der Waals surface area contributed by atoms with E-state index in [9.17, 15) is 13.2 Å². The van der Waals surface area contributed by atoms with E-state index in [1.54, 1.807) is 0 Å². The van der Waals surface area contributed by atoms with Crippen LogP contribution in [0.3, 0.4) is 0 Å². The second-order valence-corrected chi connectivity index (χ2v) is 6.69. The van der Waals surface area contributed by atoms with Gasteiger partial charge in [-0.1, -0.05) is 13.8 Å². The van der Waals surface area contributed by atoms with Crippen molar-refractivity contribution in [2.45, 2.75) is 39.2 Å². The predicted octanol–water partition coefficient (Wildman–Crippen LogP) is 3.72. The fourth-order valence-corrected chi connectivity index (χ4v) is 3.75. The summed E-state index contributed by atoms with van der Waals surface area (Å²) in [5.41, 5.74) is 0.430. The summed E-state index contributed by atoms with van der Waals surface area (Å²) >= 11 is 0. The molecular formula is C14H21F3O2Si. The molecule has 0 saturated carbocycles. The highest BCUT2D eigenvalue weighted by Gasteiger charge is 2.15. The third-order valence-corrected chi connectivity index (χ3v) is 4.70. The van der Waals surface area contributed by atoms with Crippen molar-refractivity contribution in [2.24, 2.45) is 0 Å². The average Bonchev–Trinajstić information content (AvgIpc) is 2.43. The molecule has 0 aliphatic carbocycles. The lowest BCUT2D eigenvalue weighted by molar-refractivity contribution is 0.196. The van der Waals surface area contributed by atoms with E-state index in [4.69, 9.17) is 8.85 Å². The molecule has 0 aliphatic heterocycles. The van der Waals surface area contributed by atoms with E-state index < -0.39 is 26.7 Å². The van der Waals surface area contributed by atoms with Gasteiger partial charge in [-0.25, -0.2) is 13.2 Å². The summed E-state index contributed by atoms with van der Waals surface area (Å²) in [4.78, 5) is 0. The van der Waals surface area contributed by atoms with Gasteiger partial charge in [-0.2, -0.15) is 0 Å². The Kier molecular flexibility index (Phi) is 7.87.